The molecule has 0 amide bonds. The molecule has 0 aliphatic heterocycles. The third-order valence-corrected chi connectivity index (χ3v) is 2.76. The lowest BCUT2D eigenvalue weighted by molar-refractivity contribution is -0.142. The molecule has 112 valence electrons. The number of esters is 2. The summed E-state index contributed by atoms with van der Waals surface area (Å²) < 4.78 is 15.8. The average molecular weight is 282 g/mol. The summed E-state index contributed by atoms with van der Waals surface area (Å²) in [4.78, 5) is 23.1. The molecule has 0 atom stereocenters. The van der Waals surface area contributed by atoms with Gasteiger partial charge in [0.05, 0.1) is 6.61 Å². The van der Waals surface area contributed by atoms with Gasteiger partial charge in [0.1, 0.15) is 23.7 Å². The number of carbonyl (C=O) groups excluding carboxylic acids is 2. The maximum atomic E-state index is 12.0. The monoisotopic (exact) mass is 282 g/mol. The molecule has 0 unspecified atom stereocenters. The highest BCUT2D eigenvalue weighted by molar-refractivity contribution is 5.92. The van der Waals surface area contributed by atoms with E-state index in [1.54, 1.807) is 13.8 Å². The topological polar surface area (TPSA) is 65.7 Å². The predicted octanol–water partition coefficient (Wildman–Crippen LogP) is 3.13. The van der Waals surface area contributed by atoms with Gasteiger partial charge in [0.2, 0.25) is 0 Å². The Hall–Kier alpha value is -1.78. The third kappa shape index (κ3) is 3.62. The van der Waals surface area contributed by atoms with Crippen LogP contribution in [0.1, 0.15) is 62.1 Å². The zero-order valence-electron chi connectivity index (χ0n) is 13.0. The van der Waals surface area contributed by atoms with Gasteiger partial charge in [-0.2, -0.15) is 0 Å². The summed E-state index contributed by atoms with van der Waals surface area (Å²) in [6.07, 6.45) is 0. The van der Waals surface area contributed by atoms with E-state index in [9.17, 15) is 9.59 Å². The van der Waals surface area contributed by atoms with Crippen LogP contribution in [0.3, 0.4) is 0 Å². The Kier molecular flexibility index (Phi) is 4.98. The molecule has 0 N–H and O–H groups in total. The molecule has 0 aliphatic carbocycles. The molecule has 0 fully saturated rings. The number of rotatable bonds is 4. The van der Waals surface area contributed by atoms with E-state index < -0.39 is 11.9 Å². The summed E-state index contributed by atoms with van der Waals surface area (Å²) in [5.41, 5.74) is 0.645. The minimum Gasteiger partial charge on any atom is -0.464 e. The Morgan fingerprint density at radius 1 is 1.20 bits per heavy atom. The Balaban J connectivity index is 3.30. The molecule has 1 rings (SSSR count). The van der Waals surface area contributed by atoms with Crippen LogP contribution >= 0.6 is 0 Å². The molecule has 1 aromatic rings. The van der Waals surface area contributed by atoms with Crippen LogP contribution in [-0.4, -0.2) is 18.5 Å². The first-order valence-corrected chi connectivity index (χ1v) is 6.61. The van der Waals surface area contributed by atoms with Crippen LogP contribution in [-0.2, 0) is 26.3 Å². The predicted molar refractivity (Wildman–Crippen MR) is 73.6 cm³/mol. The lowest BCUT2D eigenvalue weighted by Gasteiger charge is -2.17. The van der Waals surface area contributed by atoms with Gasteiger partial charge in [-0.25, -0.2) is 4.79 Å². The smallest absolute Gasteiger partial charge is 0.342 e. The van der Waals surface area contributed by atoms with Crippen molar-refractivity contribution < 1.29 is 23.5 Å². The molecule has 0 radical (unpaired) electrons. The van der Waals surface area contributed by atoms with Gasteiger partial charge in [-0.1, -0.05) is 20.8 Å². The molecule has 0 saturated carbocycles. The second kappa shape index (κ2) is 6.11. The van der Waals surface area contributed by atoms with Crippen molar-refractivity contribution in [1.82, 2.24) is 0 Å². The summed E-state index contributed by atoms with van der Waals surface area (Å²) in [5.74, 6) is 0.264. The van der Waals surface area contributed by atoms with E-state index in [0.717, 1.165) is 0 Å². The molecule has 0 bridgehead atoms. The second-order valence-corrected chi connectivity index (χ2v) is 5.59. The van der Waals surface area contributed by atoms with Crippen LogP contribution in [0.4, 0.5) is 0 Å². The Morgan fingerprint density at radius 3 is 2.25 bits per heavy atom. The molecule has 1 heterocycles. The van der Waals surface area contributed by atoms with Crippen LogP contribution in [0, 0.1) is 6.92 Å². The van der Waals surface area contributed by atoms with Crippen molar-refractivity contribution in [2.45, 2.75) is 53.6 Å². The van der Waals surface area contributed by atoms with Gasteiger partial charge in [-0.15, -0.1) is 0 Å². The van der Waals surface area contributed by atoms with Crippen molar-refractivity contribution in [1.29, 1.82) is 0 Å². The van der Waals surface area contributed by atoms with Crippen LogP contribution in [0.5, 0.6) is 0 Å². The van der Waals surface area contributed by atoms with Crippen LogP contribution in [0.2, 0.25) is 0 Å². The number of hydrogen-bond donors (Lipinski definition) is 0. The maximum absolute atomic E-state index is 12.0. The first-order valence-electron chi connectivity index (χ1n) is 6.61. The van der Waals surface area contributed by atoms with E-state index in [-0.39, 0.29) is 18.6 Å². The third-order valence-electron chi connectivity index (χ3n) is 2.76. The zero-order valence-corrected chi connectivity index (χ0v) is 13.0. The molecular formula is C15H22O5. The van der Waals surface area contributed by atoms with Crippen molar-refractivity contribution >= 4 is 11.9 Å². The first kappa shape index (κ1) is 16.3. The lowest BCUT2D eigenvalue weighted by Crippen LogP contribution is -2.16. The van der Waals surface area contributed by atoms with Gasteiger partial charge in [0.25, 0.3) is 0 Å². The Labute approximate surface area is 119 Å². The minimum atomic E-state index is -0.452. The van der Waals surface area contributed by atoms with E-state index in [4.69, 9.17) is 13.9 Å². The number of furan rings is 1. The van der Waals surface area contributed by atoms with E-state index >= 15 is 0 Å². The fourth-order valence-corrected chi connectivity index (χ4v) is 1.98. The SMILES string of the molecule is CCOC(=O)c1c(C)oc(C(C)(C)C)c1COC(C)=O. The van der Waals surface area contributed by atoms with E-state index in [0.29, 0.717) is 22.6 Å². The molecule has 0 aromatic carbocycles. The van der Waals surface area contributed by atoms with E-state index in [1.165, 1.54) is 6.92 Å². The minimum absolute atomic E-state index is 0.00737. The normalized spacial score (nSPS) is 11.3. The van der Waals surface area contributed by atoms with E-state index in [2.05, 4.69) is 0 Å². The van der Waals surface area contributed by atoms with Crippen LogP contribution < -0.4 is 0 Å². The van der Waals surface area contributed by atoms with Crippen LogP contribution in [0.15, 0.2) is 4.42 Å². The number of ether oxygens (including phenoxy) is 2. The molecule has 20 heavy (non-hydrogen) atoms. The molecule has 0 spiro atoms. The van der Waals surface area contributed by atoms with Crippen molar-refractivity contribution in [2.75, 3.05) is 6.61 Å². The molecule has 0 saturated heterocycles. The number of carbonyl (C=O) groups is 2. The van der Waals surface area contributed by atoms with Gasteiger partial charge in [0, 0.05) is 17.9 Å². The zero-order chi connectivity index (χ0) is 15.5. The van der Waals surface area contributed by atoms with Crippen molar-refractivity contribution in [2.24, 2.45) is 0 Å². The number of hydrogen-bond acceptors (Lipinski definition) is 5. The highest BCUT2D eigenvalue weighted by Crippen LogP contribution is 2.33. The summed E-state index contributed by atoms with van der Waals surface area (Å²) >= 11 is 0. The molecule has 5 nitrogen and oxygen atoms in total. The quantitative estimate of drug-likeness (QED) is 0.794. The summed E-state index contributed by atoms with van der Waals surface area (Å²) in [7, 11) is 0. The van der Waals surface area contributed by atoms with Gasteiger partial charge in [-0.05, 0) is 13.8 Å². The fourth-order valence-electron chi connectivity index (χ4n) is 1.98. The number of aryl methyl sites for hydroxylation is 1. The van der Waals surface area contributed by atoms with Gasteiger partial charge >= 0.3 is 11.9 Å². The Morgan fingerprint density at radius 2 is 1.80 bits per heavy atom. The molecule has 1 aromatic heterocycles. The second-order valence-electron chi connectivity index (χ2n) is 5.59. The molecular weight excluding hydrogens is 260 g/mol. The maximum Gasteiger partial charge on any atom is 0.342 e. The fraction of sp³-hybridized carbons (Fsp3) is 0.600. The summed E-state index contributed by atoms with van der Waals surface area (Å²) in [6.45, 7) is 11.0. The first-order chi connectivity index (χ1) is 9.18. The summed E-state index contributed by atoms with van der Waals surface area (Å²) in [5, 5.41) is 0. The average Bonchev–Trinajstić information content (AvgIpc) is 2.63. The molecule has 0 aliphatic rings. The van der Waals surface area contributed by atoms with E-state index in [1.807, 2.05) is 20.8 Å². The largest absolute Gasteiger partial charge is 0.464 e. The van der Waals surface area contributed by atoms with Crippen LogP contribution in [0.25, 0.3) is 0 Å². The van der Waals surface area contributed by atoms with Gasteiger partial charge < -0.3 is 13.9 Å². The van der Waals surface area contributed by atoms with Crippen molar-refractivity contribution in [3.05, 3.63) is 22.6 Å². The van der Waals surface area contributed by atoms with Gasteiger partial charge in [-0.3, -0.25) is 4.79 Å². The summed E-state index contributed by atoms with van der Waals surface area (Å²) in [6, 6.07) is 0. The van der Waals surface area contributed by atoms with Crippen molar-refractivity contribution in [3.8, 4) is 0 Å². The van der Waals surface area contributed by atoms with Crippen molar-refractivity contribution in [3.63, 3.8) is 0 Å². The molecule has 5 heteroatoms. The Bertz CT molecular complexity index is 505. The standard InChI is InChI=1S/C15H22O5/c1-7-18-14(17)12-9(2)20-13(15(4,5)6)11(12)8-19-10(3)16/h7-8H2,1-6H3. The highest BCUT2D eigenvalue weighted by Gasteiger charge is 2.31. The van der Waals surface area contributed by atoms with Gasteiger partial charge in [0.15, 0.2) is 0 Å². The highest BCUT2D eigenvalue weighted by atomic mass is 16.5. The lowest BCUT2D eigenvalue weighted by atomic mass is 9.89.